The molecule has 0 amide bonds. The Hall–Kier alpha value is -1.75. The van der Waals surface area contributed by atoms with E-state index >= 15 is 0 Å². The Morgan fingerprint density at radius 2 is 1.84 bits per heavy atom. The molecule has 0 radical (unpaired) electrons. The van der Waals surface area contributed by atoms with Crippen LogP contribution in [0.25, 0.3) is 0 Å². The van der Waals surface area contributed by atoms with E-state index in [9.17, 15) is 5.11 Å². The van der Waals surface area contributed by atoms with Crippen molar-refractivity contribution in [2.24, 2.45) is 5.92 Å². The van der Waals surface area contributed by atoms with E-state index in [4.69, 9.17) is 0 Å². The van der Waals surface area contributed by atoms with Gasteiger partial charge in [-0.3, -0.25) is 0 Å². The fraction of sp³-hybridized carbons (Fsp3) is 0.500. The van der Waals surface area contributed by atoms with Crippen molar-refractivity contribution in [3.63, 3.8) is 0 Å². The molecule has 0 bridgehead atoms. The maximum atomic E-state index is 11.3. The van der Waals surface area contributed by atoms with Gasteiger partial charge in [0.1, 0.15) is 0 Å². The smallest absolute Gasteiger partial charge is 0.210 e. The van der Waals surface area contributed by atoms with Crippen molar-refractivity contribution >= 4 is 0 Å². The average molecular weight is 258 g/mol. The Bertz CT molecular complexity index is 508. The van der Waals surface area contributed by atoms with Gasteiger partial charge in [-0.1, -0.05) is 54.8 Å². The molecule has 1 aromatic carbocycles. The summed E-state index contributed by atoms with van der Waals surface area (Å²) in [4.78, 5) is 0. The predicted molar refractivity (Wildman–Crippen MR) is 70.2 cm³/mol. The molecule has 19 heavy (non-hydrogen) atoms. The van der Waals surface area contributed by atoms with E-state index in [1.807, 2.05) is 30.3 Å². The number of nitrogens with one attached hydrogen (secondary N) is 1. The van der Waals surface area contributed by atoms with Gasteiger partial charge in [0, 0.05) is 0 Å². The fourth-order valence-electron chi connectivity index (χ4n) is 3.08. The minimum Gasteiger partial charge on any atom is -0.377 e. The summed E-state index contributed by atoms with van der Waals surface area (Å²) < 4.78 is 0. The molecule has 3 rings (SSSR count). The first-order chi connectivity index (χ1) is 9.32. The summed E-state index contributed by atoms with van der Waals surface area (Å²) in [6.07, 6.45) is 5.54. The second-order valence-electron chi connectivity index (χ2n) is 5.20. The van der Waals surface area contributed by atoms with Crippen LogP contribution < -0.4 is 0 Å². The fourth-order valence-corrected chi connectivity index (χ4v) is 3.08. The summed E-state index contributed by atoms with van der Waals surface area (Å²) >= 11 is 0. The third kappa shape index (κ3) is 2.14. The van der Waals surface area contributed by atoms with Crippen LogP contribution >= 0.6 is 0 Å². The van der Waals surface area contributed by atoms with Crippen LogP contribution in [0.1, 0.15) is 43.5 Å². The third-order valence-electron chi connectivity index (χ3n) is 4.10. The number of H-pyrrole nitrogens is 1. The lowest BCUT2D eigenvalue weighted by Gasteiger charge is -2.36. The van der Waals surface area contributed by atoms with Gasteiger partial charge in [-0.2, -0.15) is 5.21 Å². The van der Waals surface area contributed by atoms with E-state index in [-0.39, 0.29) is 5.92 Å². The lowest BCUT2D eigenvalue weighted by Crippen LogP contribution is -2.38. The zero-order valence-electron chi connectivity index (χ0n) is 10.8. The van der Waals surface area contributed by atoms with Crippen LogP contribution in [-0.4, -0.2) is 25.7 Å². The van der Waals surface area contributed by atoms with E-state index in [0.717, 1.165) is 31.2 Å². The van der Waals surface area contributed by atoms with Crippen LogP contribution in [0.5, 0.6) is 0 Å². The Labute approximate surface area is 112 Å². The quantitative estimate of drug-likeness (QED) is 0.883. The highest BCUT2D eigenvalue weighted by molar-refractivity contribution is 5.29. The Kier molecular flexibility index (Phi) is 3.29. The Morgan fingerprint density at radius 1 is 1.11 bits per heavy atom. The van der Waals surface area contributed by atoms with E-state index in [2.05, 4.69) is 20.6 Å². The van der Waals surface area contributed by atoms with E-state index < -0.39 is 5.60 Å². The molecule has 5 nitrogen and oxygen atoms in total. The lowest BCUT2D eigenvalue weighted by molar-refractivity contribution is -0.00840. The van der Waals surface area contributed by atoms with Crippen molar-refractivity contribution in [2.45, 2.75) is 37.7 Å². The number of benzene rings is 1. The number of rotatable bonds is 3. The highest BCUT2D eigenvalue weighted by Gasteiger charge is 2.43. The Morgan fingerprint density at radius 3 is 2.47 bits per heavy atom. The number of aliphatic hydroxyl groups is 1. The second-order valence-corrected chi connectivity index (χ2v) is 5.20. The maximum absolute atomic E-state index is 11.3. The average Bonchev–Trinajstić information content (AvgIpc) is 3.03. The van der Waals surface area contributed by atoms with Crippen molar-refractivity contribution in [3.8, 4) is 0 Å². The molecule has 1 aliphatic rings. The summed E-state index contributed by atoms with van der Waals surface area (Å²) in [5.41, 5.74) is -0.280. The molecule has 1 fully saturated rings. The topological polar surface area (TPSA) is 74.7 Å². The number of nitrogens with zero attached hydrogens (tertiary/aromatic N) is 3. The number of hydrogen-bond acceptors (Lipinski definition) is 4. The lowest BCUT2D eigenvalue weighted by atomic mass is 9.73. The molecule has 0 aliphatic heterocycles. The van der Waals surface area contributed by atoms with Gasteiger partial charge in [-0.25, -0.2) is 0 Å². The van der Waals surface area contributed by atoms with E-state index in [1.165, 1.54) is 6.42 Å². The first-order valence-electron chi connectivity index (χ1n) is 6.83. The molecule has 1 unspecified atom stereocenters. The molecular weight excluding hydrogens is 240 g/mol. The number of aromatic nitrogens is 4. The molecule has 2 aromatic rings. The molecule has 1 saturated carbocycles. The predicted octanol–water partition coefficient (Wildman–Crippen LogP) is 2.02. The number of hydrogen-bond donors (Lipinski definition) is 2. The zero-order chi connectivity index (χ0) is 13.1. The number of tetrazole rings is 1. The molecular formula is C14H18N4O. The molecule has 0 spiro atoms. The molecule has 2 N–H and O–H groups in total. The SMILES string of the molecule is OC(c1ccccc1)(c1nn[nH]n1)C1CCCCC1. The summed E-state index contributed by atoms with van der Waals surface area (Å²) in [5, 5.41) is 25.4. The van der Waals surface area contributed by atoms with Gasteiger partial charge in [-0.15, -0.1) is 10.2 Å². The van der Waals surface area contributed by atoms with Gasteiger partial charge in [-0.05, 0) is 24.3 Å². The number of aromatic amines is 1. The van der Waals surface area contributed by atoms with Crippen molar-refractivity contribution < 1.29 is 5.11 Å². The van der Waals surface area contributed by atoms with Crippen molar-refractivity contribution in [2.75, 3.05) is 0 Å². The summed E-state index contributed by atoms with van der Waals surface area (Å²) in [5.74, 6) is 0.534. The van der Waals surface area contributed by atoms with Crippen LogP contribution in [0.4, 0.5) is 0 Å². The van der Waals surface area contributed by atoms with Crippen molar-refractivity contribution in [1.82, 2.24) is 20.6 Å². The van der Waals surface area contributed by atoms with Gasteiger partial charge in [0.25, 0.3) is 0 Å². The Balaban J connectivity index is 2.05. The van der Waals surface area contributed by atoms with Crippen LogP contribution in [0, 0.1) is 5.92 Å². The van der Waals surface area contributed by atoms with Gasteiger partial charge in [0.05, 0.1) is 0 Å². The summed E-state index contributed by atoms with van der Waals surface area (Å²) in [6.45, 7) is 0. The van der Waals surface area contributed by atoms with Gasteiger partial charge >= 0.3 is 0 Å². The first-order valence-corrected chi connectivity index (χ1v) is 6.83. The third-order valence-corrected chi connectivity index (χ3v) is 4.10. The highest BCUT2D eigenvalue weighted by Crippen LogP contribution is 2.42. The molecule has 5 heteroatoms. The van der Waals surface area contributed by atoms with Crippen molar-refractivity contribution in [1.29, 1.82) is 0 Å². The minimum absolute atomic E-state index is 0.154. The highest BCUT2D eigenvalue weighted by atomic mass is 16.3. The van der Waals surface area contributed by atoms with Crippen LogP contribution in [0.2, 0.25) is 0 Å². The summed E-state index contributed by atoms with van der Waals surface area (Å²) in [6, 6.07) is 9.68. The van der Waals surface area contributed by atoms with E-state index in [0.29, 0.717) is 5.82 Å². The minimum atomic E-state index is -1.13. The van der Waals surface area contributed by atoms with Gasteiger partial charge in [0.2, 0.25) is 5.82 Å². The monoisotopic (exact) mass is 258 g/mol. The molecule has 0 saturated heterocycles. The zero-order valence-corrected chi connectivity index (χ0v) is 10.8. The molecule has 100 valence electrons. The van der Waals surface area contributed by atoms with E-state index in [1.54, 1.807) is 0 Å². The van der Waals surface area contributed by atoms with Crippen LogP contribution in [-0.2, 0) is 5.60 Å². The van der Waals surface area contributed by atoms with Gasteiger partial charge < -0.3 is 5.11 Å². The molecule has 1 aromatic heterocycles. The van der Waals surface area contributed by atoms with Crippen LogP contribution in [0.15, 0.2) is 30.3 Å². The normalized spacial score (nSPS) is 20.1. The standard InChI is InChI=1S/C14H18N4O/c19-14(13-15-17-18-16-13,11-7-3-1-4-8-11)12-9-5-2-6-10-12/h1,3-4,7-8,12,19H,2,5-6,9-10H2,(H,15,16,17,18). The molecule has 1 atom stereocenters. The summed E-state index contributed by atoms with van der Waals surface area (Å²) in [7, 11) is 0. The van der Waals surface area contributed by atoms with Gasteiger partial charge in [0.15, 0.2) is 5.60 Å². The maximum Gasteiger partial charge on any atom is 0.210 e. The van der Waals surface area contributed by atoms with Crippen molar-refractivity contribution in [3.05, 3.63) is 41.7 Å². The second kappa shape index (κ2) is 5.09. The molecule has 1 heterocycles. The largest absolute Gasteiger partial charge is 0.377 e. The van der Waals surface area contributed by atoms with Crippen LogP contribution in [0.3, 0.4) is 0 Å². The first kappa shape index (κ1) is 12.3. The molecule has 1 aliphatic carbocycles.